The number of H-pyrrole nitrogens is 1. The fraction of sp³-hybridized carbons (Fsp3) is 0.750. The van der Waals surface area contributed by atoms with E-state index in [1.165, 1.54) is 19.0 Å². The van der Waals surface area contributed by atoms with Crippen LogP contribution in [0, 0.1) is 5.92 Å². The van der Waals surface area contributed by atoms with Crippen LogP contribution in [0.2, 0.25) is 0 Å². The van der Waals surface area contributed by atoms with Crippen LogP contribution in [0.1, 0.15) is 44.6 Å². The number of aromatic nitrogens is 2. The van der Waals surface area contributed by atoms with Gasteiger partial charge in [0.15, 0.2) is 5.03 Å². The molecule has 0 spiro atoms. The molecule has 4 N–H and O–H groups in total. The van der Waals surface area contributed by atoms with Crippen molar-refractivity contribution in [2.75, 3.05) is 0 Å². The largest absolute Gasteiger partial charge is 0.326 e. The first-order chi connectivity index (χ1) is 9.04. The number of nitrogens with two attached hydrogens (primary N) is 1. The average Bonchev–Trinajstić information content (AvgIpc) is 2.78. The quantitative estimate of drug-likeness (QED) is 0.722. The maximum atomic E-state index is 12.4. The summed E-state index contributed by atoms with van der Waals surface area (Å²) in [5.74, 6) is 0.363. The van der Waals surface area contributed by atoms with Crippen LogP contribution in [-0.4, -0.2) is 24.7 Å². The predicted molar refractivity (Wildman–Crippen MR) is 72.8 cm³/mol. The van der Waals surface area contributed by atoms with E-state index in [1.54, 1.807) is 0 Å². The lowest BCUT2D eigenvalue weighted by Crippen LogP contribution is -2.39. The molecule has 7 heteroatoms. The maximum absolute atomic E-state index is 12.4. The Bertz CT molecular complexity index is 512. The molecule has 1 saturated carbocycles. The van der Waals surface area contributed by atoms with Gasteiger partial charge < -0.3 is 5.73 Å². The summed E-state index contributed by atoms with van der Waals surface area (Å²) in [6.45, 7) is 2.27. The summed E-state index contributed by atoms with van der Waals surface area (Å²) >= 11 is 0. The van der Waals surface area contributed by atoms with Crippen molar-refractivity contribution in [2.24, 2.45) is 11.7 Å². The molecule has 0 aliphatic heterocycles. The molecule has 0 radical (unpaired) electrons. The highest BCUT2D eigenvalue weighted by Gasteiger charge is 2.28. The second kappa shape index (κ2) is 6.02. The minimum Gasteiger partial charge on any atom is -0.326 e. The van der Waals surface area contributed by atoms with Crippen LogP contribution in [0.3, 0.4) is 0 Å². The van der Waals surface area contributed by atoms with Crippen LogP contribution in [0.4, 0.5) is 0 Å². The molecule has 0 aromatic carbocycles. The van der Waals surface area contributed by atoms with Gasteiger partial charge in [-0.1, -0.05) is 26.2 Å². The Balaban J connectivity index is 2.16. The van der Waals surface area contributed by atoms with Crippen molar-refractivity contribution in [1.82, 2.24) is 14.9 Å². The highest BCUT2D eigenvalue weighted by Crippen LogP contribution is 2.24. The standard InChI is InChI=1S/C12H22N4O2S/c1-9-5-3-2-4-6-11(9)16-19(17,18)12-10(7-13)8-14-15-12/h8-9,11,16H,2-7,13H2,1H3,(H,14,15). The predicted octanol–water partition coefficient (Wildman–Crippen LogP) is 1.12. The van der Waals surface area contributed by atoms with Crippen LogP contribution < -0.4 is 10.5 Å². The van der Waals surface area contributed by atoms with Gasteiger partial charge in [-0.2, -0.15) is 5.10 Å². The Hall–Kier alpha value is -0.920. The van der Waals surface area contributed by atoms with Crippen molar-refractivity contribution in [3.05, 3.63) is 11.8 Å². The summed E-state index contributed by atoms with van der Waals surface area (Å²) in [7, 11) is -3.56. The first-order valence-corrected chi connectivity index (χ1v) is 8.27. The normalized spacial score (nSPS) is 25.2. The SMILES string of the molecule is CC1CCCCCC1NS(=O)(=O)c1[nH]ncc1CN. The first kappa shape index (κ1) is 14.5. The molecule has 2 unspecified atom stereocenters. The molecule has 2 rings (SSSR count). The zero-order valence-corrected chi connectivity index (χ0v) is 12.0. The molecule has 19 heavy (non-hydrogen) atoms. The summed E-state index contributed by atoms with van der Waals surface area (Å²) in [5, 5.41) is 6.41. The number of sulfonamides is 1. The van der Waals surface area contributed by atoms with Gasteiger partial charge in [-0.25, -0.2) is 13.1 Å². The maximum Gasteiger partial charge on any atom is 0.258 e. The number of nitrogens with zero attached hydrogens (tertiary/aromatic N) is 1. The van der Waals surface area contributed by atoms with E-state index < -0.39 is 10.0 Å². The summed E-state index contributed by atoms with van der Waals surface area (Å²) in [6.07, 6.45) is 6.86. The van der Waals surface area contributed by atoms with E-state index in [1.807, 2.05) is 0 Å². The summed E-state index contributed by atoms with van der Waals surface area (Å²) < 4.78 is 27.5. The smallest absolute Gasteiger partial charge is 0.258 e. The van der Waals surface area contributed by atoms with Gasteiger partial charge in [0.05, 0.1) is 6.20 Å². The van der Waals surface area contributed by atoms with Gasteiger partial charge >= 0.3 is 0 Å². The van der Waals surface area contributed by atoms with Gasteiger partial charge in [0.2, 0.25) is 0 Å². The number of rotatable bonds is 4. The van der Waals surface area contributed by atoms with Crippen molar-refractivity contribution in [3.8, 4) is 0 Å². The van der Waals surface area contributed by atoms with Crippen molar-refractivity contribution >= 4 is 10.0 Å². The second-order valence-electron chi connectivity index (χ2n) is 5.27. The van der Waals surface area contributed by atoms with Gasteiger partial charge in [0.1, 0.15) is 0 Å². The Morgan fingerprint density at radius 1 is 1.42 bits per heavy atom. The van der Waals surface area contributed by atoms with Crippen LogP contribution in [0.15, 0.2) is 11.2 Å². The molecule has 108 valence electrons. The Morgan fingerprint density at radius 2 is 2.16 bits per heavy atom. The summed E-state index contributed by atoms with van der Waals surface area (Å²) in [5.41, 5.74) is 6.05. The number of hydrogen-bond acceptors (Lipinski definition) is 4. The molecule has 1 aliphatic rings. The van der Waals surface area contributed by atoms with Crippen molar-refractivity contribution in [3.63, 3.8) is 0 Å². The van der Waals surface area contributed by atoms with E-state index in [2.05, 4.69) is 21.8 Å². The van der Waals surface area contributed by atoms with Crippen LogP contribution >= 0.6 is 0 Å². The lowest BCUT2D eigenvalue weighted by Gasteiger charge is -2.22. The third-order valence-corrected chi connectivity index (χ3v) is 5.34. The van der Waals surface area contributed by atoms with E-state index in [9.17, 15) is 8.42 Å². The summed E-state index contributed by atoms with van der Waals surface area (Å²) in [4.78, 5) is 0. The topological polar surface area (TPSA) is 101 Å². The zero-order chi connectivity index (χ0) is 13.9. The molecule has 1 aliphatic carbocycles. The molecule has 0 bridgehead atoms. The van der Waals surface area contributed by atoms with E-state index in [0.717, 1.165) is 19.3 Å². The Labute approximate surface area is 114 Å². The Morgan fingerprint density at radius 3 is 2.89 bits per heavy atom. The zero-order valence-electron chi connectivity index (χ0n) is 11.2. The van der Waals surface area contributed by atoms with Gasteiger partial charge in [-0.05, 0) is 18.8 Å². The van der Waals surface area contributed by atoms with Crippen LogP contribution in [0.25, 0.3) is 0 Å². The van der Waals surface area contributed by atoms with E-state index in [4.69, 9.17) is 5.73 Å². The molecule has 2 atom stereocenters. The fourth-order valence-electron chi connectivity index (χ4n) is 2.60. The van der Waals surface area contributed by atoms with Crippen molar-refractivity contribution < 1.29 is 8.42 Å². The molecular weight excluding hydrogens is 264 g/mol. The second-order valence-corrected chi connectivity index (χ2v) is 6.92. The molecular formula is C12H22N4O2S. The highest BCUT2D eigenvalue weighted by atomic mass is 32.2. The van der Waals surface area contributed by atoms with Gasteiger partial charge in [0.25, 0.3) is 10.0 Å². The molecule has 0 amide bonds. The molecule has 6 nitrogen and oxygen atoms in total. The van der Waals surface area contributed by atoms with E-state index in [0.29, 0.717) is 11.5 Å². The first-order valence-electron chi connectivity index (χ1n) is 6.79. The van der Waals surface area contributed by atoms with Crippen LogP contribution in [0.5, 0.6) is 0 Å². The van der Waals surface area contributed by atoms with Crippen molar-refractivity contribution in [1.29, 1.82) is 0 Å². The lowest BCUT2D eigenvalue weighted by molar-refractivity contribution is 0.399. The molecule has 1 aromatic heterocycles. The minimum atomic E-state index is -3.56. The fourth-order valence-corrected chi connectivity index (χ4v) is 4.12. The Kier molecular flexibility index (Phi) is 4.59. The number of nitrogens with one attached hydrogen (secondary N) is 2. The molecule has 1 heterocycles. The molecule has 0 saturated heterocycles. The molecule has 1 fully saturated rings. The van der Waals surface area contributed by atoms with E-state index >= 15 is 0 Å². The van der Waals surface area contributed by atoms with E-state index in [-0.39, 0.29) is 17.6 Å². The third-order valence-electron chi connectivity index (χ3n) is 3.83. The third kappa shape index (κ3) is 3.34. The van der Waals surface area contributed by atoms with Gasteiger partial charge in [-0.15, -0.1) is 0 Å². The monoisotopic (exact) mass is 286 g/mol. The van der Waals surface area contributed by atoms with Crippen molar-refractivity contribution in [2.45, 2.75) is 56.6 Å². The minimum absolute atomic E-state index is 0.00132. The average molecular weight is 286 g/mol. The van der Waals surface area contributed by atoms with Gasteiger partial charge in [0, 0.05) is 18.2 Å². The highest BCUT2D eigenvalue weighted by molar-refractivity contribution is 7.89. The summed E-state index contributed by atoms with van der Waals surface area (Å²) in [6, 6.07) is 0.00132. The lowest BCUT2D eigenvalue weighted by atomic mass is 9.98. The number of aromatic amines is 1. The van der Waals surface area contributed by atoms with Crippen LogP contribution in [-0.2, 0) is 16.6 Å². The number of hydrogen-bond donors (Lipinski definition) is 3. The van der Waals surface area contributed by atoms with Gasteiger partial charge in [-0.3, -0.25) is 5.10 Å². The molecule has 1 aromatic rings.